The first kappa shape index (κ1) is 20.6. The highest BCUT2D eigenvalue weighted by atomic mass is 32.1. The van der Waals surface area contributed by atoms with Gasteiger partial charge in [-0.2, -0.15) is 0 Å². The van der Waals surface area contributed by atoms with Crippen LogP contribution in [0.25, 0.3) is 10.6 Å². The van der Waals surface area contributed by atoms with Gasteiger partial charge in [-0.05, 0) is 24.1 Å². The van der Waals surface area contributed by atoms with Crippen molar-refractivity contribution in [2.75, 3.05) is 5.32 Å². The van der Waals surface area contributed by atoms with Crippen molar-refractivity contribution in [1.82, 2.24) is 15.3 Å². The summed E-state index contributed by atoms with van der Waals surface area (Å²) in [6.45, 7) is 2.79. The van der Waals surface area contributed by atoms with Crippen molar-refractivity contribution >= 4 is 22.9 Å². The third-order valence-corrected chi connectivity index (χ3v) is 5.97. The maximum atomic E-state index is 12.7. The molecule has 0 radical (unpaired) electrons. The lowest BCUT2D eigenvalue weighted by Gasteiger charge is -2.09. The van der Waals surface area contributed by atoms with Crippen LogP contribution in [0.1, 0.15) is 26.5 Å². The molecule has 1 amide bonds. The Kier molecular flexibility index (Phi) is 6.24. The molecule has 2 aromatic heterocycles. The van der Waals surface area contributed by atoms with Gasteiger partial charge >= 0.3 is 0 Å². The summed E-state index contributed by atoms with van der Waals surface area (Å²) in [5.41, 5.74) is 3.59. The molecular weight excluding hydrogens is 408 g/mol. The number of aryl methyl sites for hydroxylation is 1. The number of pyridine rings is 1. The molecule has 3 N–H and O–H groups in total. The number of hydrogen-bond acceptors (Lipinski definition) is 5. The molecule has 156 valence electrons. The molecule has 4 aromatic rings. The Bertz CT molecular complexity index is 1230. The normalized spacial score (nSPS) is 10.6. The largest absolute Gasteiger partial charge is 0.380 e. The molecule has 2 heterocycles. The molecule has 7 heteroatoms. The SMILES string of the molecule is Cc1nc(-c2c(NCc3ccccc3)cc[nH]c2=O)sc1C(=O)NCc1ccccc1. The highest BCUT2D eigenvalue weighted by Gasteiger charge is 2.20. The first-order chi connectivity index (χ1) is 15.1. The third-order valence-electron chi connectivity index (χ3n) is 4.80. The van der Waals surface area contributed by atoms with E-state index in [0.29, 0.717) is 39.9 Å². The summed E-state index contributed by atoms with van der Waals surface area (Å²) < 4.78 is 0. The molecule has 0 saturated carbocycles. The Hall–Kier alpha value is -3.71. The number of benzene rings is 2. The number of rotatable bonds is 7. The highest BCUT2D eigenvalue weighted by molar-refractivity contribution is 7.17. The van der Waals surface area contributed by atoms with Gasteiger partial charge in [0.15, 0.2) is 0 Å². The second kappa shape index (κ2) is 9.40. The lowest BCUT2D eigenvalue weighted by atomic mass is 10.2. The number of thiazole rings is 1. The molecule has 0 aliphatic heterocycles. The number of aromatic nitrogens is 2. The number of amides is 1. The zero-order valence-electron chi connectivity index (χ0n) is 17.0. The lowest BCUT2D eigenvalue weighted by molar-refractivity contribution is 0.0954. The van der Waals surface area contributed by atoms with E-state index in [1.54, 1.807) is 13.1 Å². The molecule has 0 aliphatic carbocycles. The summed E-state index contributed by atoms with van der Waals surface area (Å²) >= 11 is 1.22. The van der Waals surface area contributed by atoms with E-state index >= 15 is 0 Å². The summed E-state index contributed by atoms with van der Waals surface area (Å²) in [5, 5.41) is 6.76. The molecule has 0 bridgehead atoms. The maximum absolute atomic E-state index is 12.7. The average Bonchev–Trinajstić information content (AvgIpc) is 3.18. The maximum Gasteiger partial charge on any atom is 0.263 e. The van der Waals surface area contributed by atoms with Gasteiger partial charge in [0, 0.05) is 19.3 Å². The highest BCUT2D eigenvalue weighted by Crippen LogP contribution is 2.30. The van der Waals surface area contributed by atoms with Gasteiger partial charge in [0.1, 0.15) is 9.88 Å². The molecule has 0 spiro atoms. The van der Waals surface area contributed by atoms with Crippen molar-refractivity contribution in [3.05, 3.63) is 105 Å². The summed E-state index contributed by atoms with van der Waals surface area (Å²) in [4.78, 5) is 33.1. The Morgan fingerprint density at radius 1 is 0.968 bits per heavy atom. The van der Waals surface area contributed by atoms with E-state index in [-0.39, 0.29) is 11.5 Å². The molecule has 0 saturated heterocycles. The fourth-order valence-electron chi connectivity index (χ4n) is 3.20. The number of carbonyl (C=O) groups excluding carboxylic acids is 1. The Labute approximate surface area is 184 Å². The molecule has 0 fully saturated rings. The van der Waals surface area contributed by atoms with E-state index in [0.717, 1.165) is 11.1 Å². The van der Waals surface area contributed by atoms with Crippen LogP contribution in [0.5, 0.6) is 0 Å². The van der Waals surface area contributed by atoms with Crippen LogP contribution in [0.3, 0.4) is 0 Å². The molecular formula is C24H22N4O2S. The second-order valence-electron chi connectivity index (χ2n) is 7.04. The molecule has 0 unspecified atom stereocenters. The number of H-pyrrole nitrogens is 1. The molecule has 2 aromatic carbocycles. The first-order valence-corrected chi connectivity index (χ1v) is 10.7. The van der Waals surface area contributed by atoms with Crippen LogP contribution in [0, 0.1) is 6.92 Å². The van der Waals surface area contributed by atoms with E-state index < -0.39 is 0 Å². The average molecular weight is 431 g/mol. The predicted molar refractivity (Wildman–Crippen MR) is 124 cm³/mol. The Balaban J connectivity index is 1.56. The number of nitrogens with one attached hydrogen (secondary N) is 3. The number of carbonyl (C=O) groups is 1. The molecule has 6 nitrogen and oxygen atoms in total. The minimum atomic E-state index is -0.247. The minimum absolute atomic E-state index is 0.198. The summed E-state index contributed by atoms with van der Waals surface area (Å²) in [6.07, 6.45) is 1.60. The van der Waals surface area contributed by atoms with E-state index in [4.69, 9.17) is 0 Å². The molecule has 31 heavy (non-hydrogen) atoms. The van der Waals surface area contributed by atoms with Crippen LogP contribution in [0.15, 0.2) is 77.7 Å². The van der Waals surface area contributed by atoms with Crippen molar-refractivity contribution in [2.24, 2.45) is 0 Å². The zero-order valence-corrected chi connectivity index (χ0v) is 17.8. The van der Waals surface area contributed by atoms with Gasteiger partial charge < -0.3 is 15.6 Å². The van der Waals surface area contributed by atoms with Gasteiger partial charge in [-0.15, -0.1) is 11.3 Å². The van der Waals surface area contributed by atoms with Crippen LogP contribution < -0.4 is 16.2 Å². The fourth-order valence-corrected chi connectivity index (χ4v) is 4.24. The lowest BCUT2D eigenvalue weighted by Crippen LogP contribution is -2.22. The number of nitrogens with zero attached hydrogens (tertiary/aromatic N) is 1. The first-order valence-electron chi connectivity index (χ1n) is 9.91. The molecule has 0 atom stereocenters. The van der Waals surface area contributed by atoms with Crippen molar-refractivity contribution in [1.29, 1.82) is 0 Å². The fraction of sp³-hybridized carbons (Fsp3) is 0.125. The van der Waals surface area contributed by atoms with Crippen molar-refractivity contribution in [3.63, 3.8) is 0 Å². The topological polar surface area (TPSA) is 86.9 Å². The quantitative estimate of drug-likeness (QED) is 0.407. The zero-order chi connectivity index (χ0) is 21.6. The van der Waals surface area contributed by atoms with Crippen molar-refractivity contribution in [3.8, 4) is 10.6 Å². The number of aromatic amines is 1. The van der Waals surface area contributed by atoms with Gasteiger partial charge in [-0.25, -0.2) is 4.98 Å². The van der Waals surface area contributed by atoms with Gasteiger partial charge in [0.05, 0.1) is 16.9 Å². The van der Waals surface area contributed by atoms with Gasteiger partial charge in [0.25, 0.3) is 11.5 Å². The number of anilines is 1. The molecule has 4 rings (SSSR count). The standard InChI is InChI=1S/C24H22N4O2S/c1-16-21(23(30)27-15-18-10-6-3-7-11-18)31-24(28-16)20-19(12-13-25-22(20)29)26-14-17-8-4-2-5-9-17/h2-13H,14-15H2,1H3,(H,27,30)(H2,25,26,29). The van der Waals surface area contributed by atoms with Gasteiger partial charge in [-0.3, -0.25) is 9.59 Å². The van der Waals surface area contributed by atoms with Gasteiger partial charge in [0.2, 0.25) is 0 Å². The van der Waals surface area contributed by atoms with E-state index in [2.05, 4.69) is 20.6 Å². The second-order valence-corrected chi connectivity index (χ2v) is 8.04. The predicted octanol–water partition coefficient (Wildman–Crippen LogP) is 4.35. The smallest absolute Gasteiger partial charge is 0.263 e. The van der Waals surface area contributed by atoms with E-state index in [1.807, 2.05) is 66.7 Å². The summed E-state index contributed by atoms with van der Waals surface area (Å²) in [7, 11) is 0. The monoisotopic (exact) mass is 430 g/mol. The van der Waals surface area contributed by atoms with Crippen molar-refractivity contribution in [2.45, 2.75) is 20.0 Å². The van der Waals surface area contributed by atoms with Crippen LogP contribution in [-0.4, -0.2) is 15.9 Å². The number of hydrogen-bond donors (Lipinski definition) is 3. The summed E-state index contributed by atoms with van der Waals surface area (Å²) in [6, 6.07) is 21.5. The Morgan fingerprint density at radius 2 is 1.61 bits per heavy atom. The van der Waals surface area contributed by atoms with Crippen LogP contribution in [-0.2, 0) is 13.1 Å². The third kappa shape index (κ3) is 4.90. The molecule has 0 aliphatic rings. The van der Waals surface area contributed by atoms with Crippen LogP contribution >= 0.6 is 11.3 Å². The minimum Gasteiger partial charge on any atom is -0.380 e. The Morgan fingerprint density at radius 3 is 2.29 bits per heavy atom. The van der Waals surface area contributed by atoms with E-state index in [9.17, 15) is 9.59 Å². The van der Waals surface area contributed by atoms with Gasteiger partial charge in [-0.1, -0.05) is 60.7 Å². The van der Waals surface area contributed by atoms with Crippen molar-refractivity contribution < 1.29 is 4.79 Å². The van der Waals surface area contributed by atoms with Crippen LogP contribution in [0.2, 0.25) is 0 Å². The van der Waals surface area contributed by atoms with E-state index in [1.165, 1.54) is 11.3 Å². The summed E-state index contributed by atoms with van der Waals surface area (Å²) in [5.74, 6) is -0.198. The van der Waals surface area contributed by atoms with Crippen LogP contribution in [0.4, 0.5) is 5.69 Å².